The summed E-state index contributed by atoms with van der Waals surface area (Å²) >= 11 is 0. The number of nitrogens with zero attached hydrogens (tertiary/aromatic N) is 1. The molecule has 1 aliphatic heterocycles. The maximum absolute atomic E-state index is 5.38. The van der Waals surface area contributed by atoms with Gasteiger partial charge in [0, 0.05) is 5.39 Å². The molecule has 4 rings (SSSR count). The first kappa shape index (κ1) is 12.0. The molecule has 102 valence electrons. The second-order valence-corrected chi connectivity index (χ2v) is 4.87. The number of ether oxygens (including phenoxy) is 2. The summed E-state index contributed by atoms with van der Waals surface area (Å²) in [5.41, 5.74) is 3.01. The van der Waals surface area contributed by atoms with E-state index in [4.69, 9.17) is 9.47 Å². The molecule has 0 saturated carbocycles. The molecule has 2 heterocycles. The van der Waals surface area contributed by atoms with Gasteiger partial charge in [0.15, 0.2) is 11.5 Å². The lowest BCUT2D eigenvalue weighted by Gasteiger charge is -1.99. The highest BCUT2D eigenvalue weighted by atomic mass is 16.7. The number of benzene rings is 2. The quantitative estimate of drug-likeness (QED) is 0.704. The van der Waals surface area contributed by atoms with Crippen molar-refractivity contribution in [3.63, 3.8) is 0 Å². The number of hydrogen-bond acceptors (Lipinski definition) is 3. The van der Waals surface area contributed by atoms with Crippen LogP contribution in [0.3, 0.4) is 0 Å². The summed E-state index contributed by atoms with van der Waals surface area (Å²) in [5.74, 6) is 1.60. The van der Waals surface area contributed by atoms with E-state index in [2.05, 4.69) is 17.1 Å². The van der Waals surface area contributed by atoms with Crippen LogP contribution in [0.15, 0.2) is 54.6 Å². The summed E-state index contributed by atoms with van der Waals surface area (Å²) in [6, 6.07) is 18.1. The first-order chi connectivity index (χ1) is 10.4. The lowest BCUT2D eigenvalue weighted by atomic mass is 10.1. The molecule has 0 aliphatic carbocycles. The first-order valence-corrected chi connectivity index (χ1v) is 6.82. The summed E-state index contributed by atoms with van der Waals surface area (Å²) < 4.78 is 10.7. The van der Waals surface area contributed by atoms with Crippen LogP contribution < -0.4 is 9.47 Å². The number of para-hydroxylation sites is 1. The zero-order chi connectivity index (χ0) is 14.1. The highest BCUT2D eigenvalue weighted by molar-refractivity contribution is 5.80. The third-order valence-corrected chi connectivity index (χ3v) is 3.46. The highest BCUT2D eigenvalue weighted by Crippen LogP contribution is 2.32. The van der Waals surface area contributed by atoms with Crippen LogP contribution in [-0.2, 0) is 0 Å². The Hall–Kier alpha value is -2.81. The third-order valence-electron chi connectivity index (χ3n) is 3.46. The zero-order valence-electron chi connectivity index (χ0n) is 11.3. The molecule has 0 amide bonds. The van der Waals surface area contributed by atoms with E-state index in [0.29, 0.717) is 6.79 Å². The topological polar surface area (TPSA) is 31.4 Å². The summed E-state index contributed by atoms with van der Waals surface area (Å²) in [6.07, 6.45) is 4.03. The van der Waals surface area contributed by atoms with Crippen LogP contribution in [0.1, 0.15) is 11.3 Å². The number of pyridine rings is 1. The fourth-order valence-electron chi connectivity index (χ4n) is 2.37. The minimum atomic E-state index is 0.300. The van der Waals surface area contributed by atoms with Gasteiger partial charge in [0.1, 0.15) is 0 Å². The maximum Gasteiger partial charge on any atom is 0.231 e. The third kappa shape index (κ3) is 2.34. The Morgan fingerprint density at radius 2 is 1.76 bits per heavy atom. The smallest absolute Gasteiger partial charge is 0.231 e. The van der Waals surface area contributed by atoms with E-state index in [1.54, 1.807) is 0 Å². The van der Waals surface area contributed by atoms with Gasteiger partial charge < -0.3 is 9.47 Å². The fraction of sp³-hybridized carbons (Fsp3) is 0.0556. The van der Waals surface area contributed by atoms with Crippen molar-refractivity contribution in [3.8, 4) is 11.5 Å². The number of aromatic nitrogens is 1. The van der Waals surface area contributed by atoms with Gasteiger partial charge in [-0.1, -0.05) is 36.4 Å². The van der Waals surface area contributed by atoms with Gasteiger partial charge in [0.25, 0.3) is 0 Å². The van der Waals surface area contributed by atoms with Crippen molar-refractivity contribution < 1.29 is 9.47 Å². The van der Waals surface area contributed by atoms with Crippen LogP contribution in [-0.4, -0.2) is 11.8 Å². The standard InChI is InChI=1S/C18H13NO2/c1-2-4-16-14(3-1)7-9-15(19-16)8-5-13-6-10-17-18(11-13)21-12-20-17/h1-11H,12H2/b8-5+. The first-order valence-electron chi connectivity index (χ1n) is 6.82. The van der Waals surface area contributed by atoms with Gasteiger partial charge in [-0.2, -0.15) is 0 Å². The van der Waals surface area contributed by atoms with Crippen LogP contribution in [0.5, 0.6) is 11.5 Å². The van der Waals surface area contributed by atoms with E-state index in [-0.39, 0.29) is 0 Å². The van der Waals surface area contributed by atoms with Crippen molar-refractivity contribution in [3.05, 3.63) is 65.9 Å². The van der Waals surface area contributed by atoms with Crippen molar-refractivity contribution in [1.82, 2.24) is 4.98 Å². The largest absolute Gasteiger partial charge is 0.454 e. The van der Waals surface area contributed by atoms with Crippen molar-refractivity contribution in [2.24, 2.45) is 0 Å². The van der Waals surface area contributed by atoms with E-state index >= 15 is 0 Å². The Labute approximate surface area is 122 Å². The summed E-state index contributed by atoms with van der Waals surface area (Å²) in [4.78, 5) is 4.62. The van der Waals surface area contributed by atoms with E-state index in [0.717, 1.165) is 33.7 Å². The molecule has 1 aromatic heterocycles. The molecule has 3 heteroatoms. The molecule has 0 unspecified atom stereocenters. The maximum atomic E-state index is 5.38. The average Bonchev–Trinajstić information content (AvgIpc) is 3.00. The molecule has 0 saturated heterocycles. The Morgan fingerprint density at radius 1 is 0.857 bits per heavy atom. The summed E-state index contributed by atoms with van der Waals surface area (Å²) in [5, 5.41) is 1.15. The van der Waals surface area contributed by atoms with Crippen LogP contribution in [0.25, 0.3) is 23.1 Å². The average molecular weight is 275 g/mol. The molecular formula is C18H13NO2. The van der Waals surface area contributed by atoms with Gasteiger partial charge >= 0.3 is 0 Å². The molecule has 0 spiro atoms. The molecule has 3 aromatic rings. The second kappa shape index (κ2) is 4.94. The molecule has 21 heavy (non-hydrogen) atoms. The molecular weight excluding hydrogens is 262 g/mol. The molecule has 1 aliphatic rings. The Balaban J connectivity index is 1.64. The SMILES string of the molecule is C(=C\c1ccc2ccccc2n1)/c1ccc2c(c1)OCO2. The lowest BCUT2D eigenvalue weighted by Crippen LogP contribution is -1.92. The van der Waals surface area contributed by atoms with Gasteiger partial charge in [-0.05, 0) is 35.9 Å². The lowest BCUT2D eigenvalue weighted by molar-refractivity contribution is 0.174. The molecule has 0 radical (unpaired) electrons. The normalized spacial score (nSPS) is 13.1. The van der Waals surface area contributed by atoms with Gasteiger partial charge in [-0.25, -0.2) is 4.98 Å². The van der Waals surface area contributed by atoms with E-state index in [9.17, 15) is 0 Å². The van der Waals surface area contributed by atoms with Crippen LogP contribution >= 0.6 is 0 Å². The zero-order valence-corrected chi connectivity index (χ0v) is 11.3. The van der Waals surface area contributed by atoms with Crippen molar-refractivity contribution in [2.45, 2.75) is 0 Å². The van der Waals surface area contributed by atoms with E-state index < -0.39 is 0 Å². The molecule has 3 nitrogen and oxygen atoms in total. The number of rotatable bonds is 2. The van der Waals surface area contributed by atoms with E-state index in [1.807, 2.05) is 54.6 Å². The minimum absolute atomic E-state index is 0.300. The monoisotopic (exact) mass is 275 g/mol. The predicted molar refractivity (Wildman–Crippen MR) is 83.2 cm³/mol. The summed E-state index contributed by atoms with van der Waals surface area (Å²) in [6.45, 7) is 0.300. The number of fused-ring (bicyclic) bond motifs is 2. The second-order valence-electron chi connectivity index (χ2n) is 4.87. The minimum Gasteiger partial charge on any atom is -0.454 e. The number of hydrogen-bond donors (Lipinski definition) is 0. The highest BCUT2D eigenvalue weighted by Gasteiger charge is 2.12. The van der Waals surface area contributed by atoms with Crippen LogP contribution in [0.4, 0.5) is 0 Å². The Bertz CT molecular complexity index is 839. The van der Waals surface area contributed by atoms with Crippen molar-refractivity contribution in [2.75, 3.05) is 6.79 Å². The van der Waals surface area contributed by atoms with Gasteiger partial charge in [0.2, 0.25) is 6.79 Å². The molecule has 0 N–H and O–H groups in total. The Kier molecular flexibility index (Phi) is 2.82. The van der Waals surface area contributed by atoms with Crippen molar-refractivity contribution >= 4 is 23.1 Å². The van der Waals surface area contributed by atoms with Crippen LogP contribution in [0, 0.1) is 0 Å². The van der Waals surface area contributed by atoms with Crippen molar-refractivity contribution in [1.29, 1.82) is 0 Å². The fourth-order valence-corrected chi connectivity index (χ4v) is 2.37. The predicted octanol–water partition coefficient (Wildman–Crippen LogP) is 4.13. The summed E-state index contributed by atoms with van der Waals surface area (Å²) in [7, 11) is 0. The Morgan fingerprint density at radius 3 is 2.76 bits per heavy atom. The van der Waals surface area contributed by atoms with Gasteiger partial charge in [0.05, 0.1) is 11.2 Å². The van der Waals surface area contributed by atoms with Gasteiger partial charge in [-0.3, -0.25) is 0 Å². The van der Waals surface area contributed by atoms with E-state index in [1.165, 1.54) is 0 Å². The van der Waals surface area contributed by atoms with Gasteiger partial charge in [-0.15, -0.1) is 0 Å². The molecule has 2 aromatic carbocycles. The molecule has 0 bridgehead atoms. The van der Waals surface area contributed by atoms with Crippen LogP contribution in [0.2, 0.25) is 0 Å². The molecule has 0 atom stereocenters. The molecule has 0 fully saturated rings.